The summed E-state index contributed by atoms with van der Waals surface area (Å²) in [5.41, 5.74) is 1.37. The molecule has 0 aromatic carbocycles. The molecular formula is C20H40O. The lowest BCUT2D eigenvalue weighted by Crippen LogP contribution is -1.84. The highest BCUT2D eigenvalue weighted by atomic mass is 16.5. The first kappa shape index (κ1) is 20.5. The molecule has 0 bridgehead atoms. The molecule has 0 aliphatic carbocycles. The monoisotopic (exact) mass is 296 g/mol. The maximum absolute atomic E-state index is 5.01. The van der Waals surface area contributed by atoms with Crippen molar-refractivity contribution in [3.63, 3.8) is 0 Å². The van der Waals surface area contributed by atoms with Crippen molar-refractivity contribution in [2.75, 3.05) is 7.11 Å². The van der Waals surface area contributed by atoms with E-state index in [1.165, 1.54) is 102 Å². The third kappa shape index (κ3) is 17.5. The molecule has 0 aromatic rings. The SMILES string of the molecule is CCCCCCCCCCCCCCCCC(C)=COC. The van der Waals surface area contributed by atoms with E-state index in [4.69, 9.17) is 4.74 Å². The van der Waals surface area contributed by atoms with Crippen LogP contribution in [-0.4, -0.2) is 7.11 Å². The highest BCUT2D eigenvalue weighted by Gasteiger charge is 1.95. The summed E-state index contributed by atoms with van der Waals surface area (Å²) < 4.78 is 5.01. The van der Waals surface area contributed by atoms with Crippen LogP contribution in [0.2, 0.25) is 0 Å². The van der Waals surface area contributed by atoms with E-state index in [0.717, 1.165) is 0 Å². The zero-order chi connectivity index (χ0) is 15.6. The molecular weight excluding hydrogens is 256 g/mol. The van der Waals surface area contributed by atoms with E-state index >= 15 is 0 Å². The zero-order valence-electron chi connectivity index (χ0n) is 15.1. The molecule has 21 heavy (non-hydrogen) atoms. The summed E-state index contributed by atoms with van der Waals surface area (Å²) in [6.07, 6.45) is 23.1. The Kier molecular flexibility index (Phi) is 17.2. The number of hydrogen-bond donors (Lipinski definition) is 0. The standard InChI is InChI=1S/C20H40O/c1-4-5-6-7-8-9-10-11-12-13-14-15-16-17-18-20(2)19-21-3/h19H,4-18H2,1-3H3. The average molecular weight is 297 g/mol. The summed E-state index contributed by atoms with van der Waals surface area (Å²) in [6.45, 7) is 4.45. The fourth-order valence-electron chi connectivity index (χ4n) is 2.86. The molecule has 0 spiro atoms. The maximum Gasteiger partial charge on any atom is 0.0813 e. The van der Waals surface area contributed by atoms with Crippen molar-refractivity contribution in [3.8, 4) is 0 Å². The van der Waals surface area contributed by atoms with E-state index in [1.807, 2.05) is 6.26 Å². The van der Waals surface area contributed by atoms with Crippen LogP contribution in [0.25, 0.3) is 0 Å². The molecule has 0 N–H and O–H groups in total. The Balaban J connectivity index is 3.04. The number of methoxy groups -OCH3 is 1. The van der Waals surface area contributed by atoms with Crippen LogP contribution in [0.5, 0.6) is 0 Å². The Labute approximate surface area is 134 Å². The maximum atomic E-state index is 5.01. The molecule has 0 aliphatic rings. The van der Waals surface area contributed by atoms with Crippen molar-refractivity contribution in [2.45, 2.75) is 110 Å². The Morgan fingerprint density at radius 2 is 1.05 bits per heavy atom. The quantitative estimate of drug-likeness (QED) is 0.213. The average Bonchev–Trinajstić information content (AvgIpc) is 2.48. The molecule has 0 saturated carbocycles. The van der Waals surface area contributed by atoms with Gasteiger partial charge in [0.05, 0.1) is 13.4 Å². The van der Waals surface area contributed by atoms with Crippen molar-refractivity contribution in [2.24, 2.45) is 0 Å². The molecule has 0 aliphatic heterocycles. The molecule has 1 heteroatoms. The first-order valence-electron chi connectivity index (χ1n) is 9.49. The molecule has 0 atom stereocenters. The van der Waals surface area contributed by atoms with Gasteiger partial charge in [0.25, 0.3) is 0 Å². The highest BCUT2D eigenvalue weighted by Crippen LogP contribution is 2.14. The number of ether oxygens (including phenoxy) is 1. The first-order chi connectivity index (χ1) is 10.3. The molecule has 0 saturated heterocycles. The van der Waals surface area contributed by atoms with E-state index in [-0.39, 0.29) is 0 Å². The van der Waals surface area contributed by atoms with Crippen LogP contribution >= 0.6 is 0 Å². The molecule has 0 heterocycles. The van der Waals surface area contributed by atoms with Crippen molar-refractivity contribution in [1.82, 2.24) is 0 Å². The molecule has 0 fully saturated rings. The van der Waals surface area contributed by atoms with E-state index in [0.29, 0.717) is 0 Å². The van der Waals surface area contributed by atoms with Crippen LogP contribution in [0, 0.1) is 0 Å². The number of hydrogen-bond acceptors (Lipinski definition) is 1. The topological polar surface area (TPSA) is 9.23 Å². The molecule has 1 nitrogen and oxygen atoms in total. The van der Waals surface area contributed by atoms with Gasteiger partial charge in [-0.2, -0.15) is 0 Å². The summed E-state index contributed by atoms with van der Waals surface area (Å²) >= 11 is 0. The Hall–Kier alpha value is -0.460. The molecule has 126 valence electrons. The van der Waals surface area contributed by atoms with Gasteiger partial charge in [0, 0.05) is 0 Å². The lowest BCUT2D eigenvalue weighted by atomic mass is 10.0. The summed E-state index contributed by atoms with van der Waals surface area (Å²) in [5.74, 6) is 0. The lowest BCUT2D eigenvalue weighted by molar-refractivity contribution is 0.332. The molecule has 0 aromatic heterocycles. The van der Waals surface area contributed by atoms with Crippen molar-refractivity contribution in [1.29, 1.82) is 0 Å². The summed E-state index contributed by atoms with van der Waals surface area (Å²) in [6, 6.07) is 0. The fraction of sp³-hybridized carbons (Fsp3) is 0.900. The smallest absolute Gasteiger partial charge is 0.0813 e. The highest BCUT2D eigenvalue weighted by molar-refractivity contribution is 4.92. The number of allylic oxidation sites excluding steroid dienone is 1. The van der Waals surface area contributed by atoms with E-state index in [2.05, 4.69) is 13.8 Å². The Morgan fingerprint density at radius 1 is 0.667 bits per heavy atom. The number of unbranched alkanes of at least 4 members (excludes halogenated alkanes) is 13. The van der Waals surface area contributed by atoms with Crippen LogP contribution in [0.1, 0.15) is 110 Å². The van der Waals surface area contributed by atoms with E-state index in [9.17, 15) is 0 Å². The van der Waals surface area contributed by atoms with Crippen molar-refractivity contribution in [3.05, 3.63) is 11.8 Å². The third-order valence-electron chi connectivity index (χ3n) is 4.24. The van der Waals surface area contributed by atoms with Gasteiger partial charge in [-0.25, -0.2) is 0 Å². The summed E-state index contributed by atoms with van der Waals surface area (Å²) in [5, 5.41) is 0. The predicted molar refractivity (Wildman–Crippen MR) is 95.7 cm³/mol. The van der Waals surface area contributed by atoms with Gasteiger partial charge in [-0.3, -0.25) is 0 Å². The van der Waals surface area contributed by atoms with Gasteiger partial charge in [-0.05, 0) is 25.3 Å². The largest absolute Gasteiger partial charge is 0.504 e. The van der Waals surface area contributed by atoms with Crippen molar-refractivity contribution >= 4 is 0 Å². The zero-order valence-corrected chi connectivity index (χ0v) is 15.1. The van der Waals surface area contributed by atoms with Gasteiger partial charge in [0.1, 0.15) is 0 Å². The van der Waals surface area contributed by atoms with Crippen LogP contribution in [0.4, 0.5) is 0 Å². The van der Waals surface area contributed by atoms with Crippen LogP contribution < -0.4 is 0 Å². The Morgan fingerprint density at radius 3 is 1.43 bits per heavy atom. The van der Waals surface area contributed by atoms with Crippen molar-refractivity contribution < 1.29 is 4.74 Å². The van der Waals surface area contributed by atoms with E-state index in [1.54, 1.807) is 7.11 Å². The summed E-state index contributed by atoms with van der Waals surface area (Å²) in [7, 11) is 1.73. The van der Waals surface area contributed by atoms with Gasteiger partial charge >= 0.3 is 0 Å². The van der Waals surface area contributed by atoms with Crippen LogP contribution in [0.3, 0.4) is 0 Å². The van der Waals surface area contributed by atoms with Crippen LogP contribution in [0.15, 0.2) is 11.8 Å². The summed E-state index contributed by atoms with van der Waals surface area (Å²) in [4.78, 5) is 0. The second-order valence-electron chi connectivity index (χ2n) is 6.55. The van der Waals surface area contributed by atoms with Gasteiger partial charge in [-0.1, -0.05) is 90.4 Å². The second kappa shape index (κ2) is 17.6. The van der Waals surface area contributed by atoms with Gasteiger partial charge in [-0.15, -0.1) is 0 Å². The minimum absolute atomic E-state index is 1.20. The molecule has 0 unspecified atom stereocenters. The molecule has 0 amide bonds. The first-order valence-corrected chi connectivity index (χ1v) is 9.49. The Bertz CT molecular complexity index is 220. The predicted octanol–water partition coefficient (Wildman–Crippen LogP) is 7.41. The molecule has 0 rings (SSSR count). The fourth-order valence-corrected chi connectivity index (χ4v) is 2.86. The van der Waals surface area contributed by atoms with Gasteiger partial charge in [0.2, 0.25) is 0 Å². The van der Waals surface area contributed by atoms with E-state index < -0.39 is 0 Å². The third-order valence-corrected chi connectivity index (χ3v) is 4.24. The van der Waals surface area contributed by atoms with Gasteiger partial charge < -0.3 is 4.74 Å². The molecule has 0 radical (unpaired) electrons. The normalized spacial score (nSPS) is 11.9. The lowest BCUT2D eigenvalue weighted by Gasteiger charge is -2.03. The minimum atomic E-state index is 1.20. The van der Waals surface area contributed by atoms with Crippen LogP contribution in [-0.2, 0) is 4.74 Å². The minimum Gasteiger partial charge on any atom is -0.504 e. The van der Waals surface area contributed by atoms with Gasteiger partial charge in [0.15, 0.2) is 0 Å². The number of rotatable bonds is 16. The second-order valence-corrected chi connectivity index (χ2v) is 6.55.